The zero-order chi connectivity index (χ0) is 22.5. The monoisotopic (exact) mass is 423 g/mol. The topological polar surface area (TPSA) is 152 Å². The average Bonchev–Trinajstić information content (AvgIpc) is 3.07. The van der Waals surface area contributed by atoms with E-state index in [1.165, 1.54) is 12.1 Å². The lowest BCUT2D eigenvalue weighted by Gasteiger charge is -2.06. The van der Waals surface area contributed by atoms with E-state index in [2.05, 4.69) is 0 Å². The van der Waals surface area contributed by atoms with Crippen LogP contribution in [0.3, 0.4) is 0 Å². The third-order valence-electron chi connectivity index (χ3n) is 4.77. The first-order valence-electron chi connectivity index (χ1n) is 10.0. The van der Waals surface area contributed by atoms with E-state index >= 15 is 0 Å². The fourth-order valence-electron chi connectivity index (χ4n) is 3.31. The molecular formula is C23H25N3O5. The number of furan rings is 1. The SMILES string of the molecule is CCCCC(=O)Oc1ccc2c(C(=O)c3cc(N)cc(N)c3)c(CCC(N)=O)oc2c1. The number of unbranched alkanes of at least 4 members (excludes halogenated alkanes) is 1. The van der Waals surface area contributed by atoms with Gasteiger partial charge in [0.15, 0.2) is 5.78 Å². The Morgan fingerprint density at radius 1 is 1.00 bits per heavy atom. The van der Waals surface area contributed by atoms with E-state index in [1.807, 2.05) is 6.92 Å². The van der Waals surface area contributed by atoms with Crippen molar-refractivity contribution in [2.45, 2.75) is 39.0 Å². The Morgan fingerprint density at radius 3 is 2.35 bits per heavy atom. The molecular weight excluding hydrogens is 398 g/mol. The largest absolute Gasteiger partial charge is 0.460 e. The van der Waals surface area contributed by atoms with Crippen molar-refractivity contribution in [3.8, 4) is 5.75 Å². The zero-order valence-electron chi connectivity index (χ0n) is 17.3. The lowest BCUT2D eigenvalue weighted by molar-refractivity contribution is -0.134. The number of hydrogen-bond donors (Lipinski definition) is 3. The highest BCUT2D eigenvalue weighted by Crippen LogP contribution is 2.32. The summed E-state index contributed by atoms with van der Waals surface area (Å²) in [6.45, 7) is 1.99. The highest BCUT2D eigenvalue weighted by molar-refractivity contribution is 6.17. The Morgan fingerprint density at radius 2 is 1.71 bits per heavy atom. The summed E-state index contributed by atoms with van der Waals surface area (Å²) in [7, 11) is 0. The van der Waals surface area contributed by atoms with Gasteiger partial charge in [-0.15, -0.1) is 0 Å². The number of carbonyl (C=O) groups excluding carboxylic acids is 3. The lowest BCUT2D eigenvalue weighted by atomic mass is 9.97. The molecule has 8 heteroatoms. The number of primary amides is 1. The molecule has 8 nitrogen and oxygen atoms in total. The molecule has 6 N–H and O–H groups in total. The Hall–Kier alpha value is -3.81. The number of ether oxygens (including phenoxy) is 1. The standard InChI is InChI=1S/C23H25N3O5/c1-2-3-4-21(28)30-16-5-6-17-19(12-16)31-18(7-8-20(26)27)22(17)23(29)13-9-14(24)11-15(25)10-13/h5-6,9-12H,2-4,7-8,24-25H2,1H3,(H2,26,27). The summed E-state index contributed by atoms with van der Waals surface area (Å²) in [5.74, 6) is -0.569. The minimum atomic E-state index is -0.516. The number of amides is 1. The second-order valence-electron chi connectivity index (χ2n) is 7.32. The van der Waals surface area contributed by atoms with Gasteiger partial charge in [0.1, 0.15) is 17.1 Å². The highest BCUT2D eigenvalue weighted by atomic mass is 16.5. The lowest BCUT2D eigenvalue weighted by Crippen LogP contribution is -2.12. The van der Waals surface area contributed by atoms with Gasteiger partial charge < -0.3 is 26.4 Å². The molecule has 1 aromatic heterocycles. The number of fused-ring (bicyclic) bond motifs is 1. The van der Waals surface area contributed by atoms with Gasteiger partial charge in [-0.3, -0.25) is 14.4 Å². The molecule has 0 unspecified atom stereocenters. The molecule has 0 atom stereocenters. The minimum Gasteiger partial charge on any atom is -0.460 e. The van der Waals surface area contributed by atoms with Gasteiger partial charge in [-0.25, -0.2) is 0 Å². The molecule has 1 heterocycles. The molecule has 0 saturated carbocycles. The third-order valence-corrected chi connectivity index (χ3v) is 4.77. The zero-order valence-corrected chi connectivity index (χ0v) is 17.3. The van der Waals surface area contributed by atoms with Crippen LogP contribution in [0, 0.1) is 0 Å². The second kappa shape index (κ2) is 9.34. The van der Waals surface area contributed by atoms with E-state index in [0.29, 0.717) is 51.4 Å². The molecule has 3 aromatic rings. The molecule has 0 aliphatic heterocycles. The van der Waals surface area contributed by atoms with Crippen LogP contribution in [-0.4, -0.2) is 17.7 Å². The molecule has 0 aliphatic rings. The van der Waals surface area contributed by atoms with E-state index in [1.54, 1.807) is 24.3 Å². The van der Waals surface area contributed by atoms with Crippen LogP contribution in [0.4, 0.5) is 11.4 Å². The quantitative estimate of drug-likeness (QED) is 0.206. The van der Waals surface area contributed by atoms with E-state index in [4.69, 9.17) is 26.4 Å². The summed E-state index contributed by atoms with van der Waals surface area (Å²) < 4.78 is 11.2. The fraction of sp³-hybridized carbons (Fsp3) is 0.261. The van der Waals surface area contributed by atoms with Gasteiger partial charge in [-0.1, -0.05) is 13.3 Å². The molecule has 0 spiro atoms. The average molecular weight is 423 g/mol. The van der Waals surface area contributed by atoms with E-state index in [-0.39, 0.29) is 24.6 Å². The summed E-state index contributed by atoms with van der Waals surface area (Å²) in [5.41, 5.74) is 18.6. The molecule has 1 amide bonds. The molecule has 3 rings (SSSR count). The number of hydrogen-bond acceptors (Lipinski definition) is 7. The van der Waals surface area contributed by atoms with E-state index in [9.17, 15) is 14.4 Å². The van der Waals surface area contributed by atoms with Crippen molar-refractivity contribution in [3.05, 3.63) is 53.3 Å². The first-order chi connectivity index (χ1) is 14.8. The van der Waals surface area contributed by atoms with Crippen molar-refractivity contribution >= 4 is 40.0 Å². The van der Waals surface area contributed by atoms with Crippen LogP contribution in [0.25, 0.3) is 11.0 Å². The number of benzene rings is 2. The molecule has 31 heavy (non-hydrogen) atoms. The molecule has 0 fully saturated rings. The van der Waals surface area contributed by atoms with Crippen molar-refractivity contribution < 1.29 is 23.5 Å². The number of anilines is 2. The Bertz CT molecular complexity index is 1130. The maximum Gasteiger partial charge on any atom is 0.311 e. The normalized spacial score (nSPS) is 10.9. The van der Waals surface area contributed by atoms with Gasteiger partial charge in [0.2, 0.25) is 5.91 Å². The van der Waals surface area contributed by atoms with Crippen LogP contribution < -0.4 is 21.9 Å². The van der Waals surface area contributed by atoms with Crippen LogP contribution >= 0.6 is 0 Å². The van der Waals surface area contributed by atoms with Gasteiger partial charge in [0.05, 0.1) is 5.56 Å². The minimum absolute atomic E-state index is 0.0119. The molecule has 0 bridgehead atoms. The maximum atomic E-state index is 13.3. The smallest absolute Gasteiger partial charge is 0.311 e. The summed E-state index contributed by atoms with van der Waals surface area (Å²) in [5, 5.41) is 0.527. The van der Waals surface area contributed by atoms with Crippen LogP contribution in [0.15, 0.2) is 40.8 Å². The number of esters is 1. The summed E-state index contributed by atoms with van der Waals surface area (Å²) in [6.07, 6.45) is 2.10. The molecule has 0 saturated heterocycles. The van der Waals surface area contributed by atoms with Gasteiger partial charge in [0, 0.05) is 47.7 Å². The summed E-state index contributed by atoms with van der Waals surface area (Å²) >= 11 is 0. The van der Waals surface area contributed by atoms with Crippen molar-refractivity contribution in [2.24, 2.45) is 5.73 Å². The molecule has 0 aliphatic carbocycles. The van der Waals surface area contributed by atoms with Crippen molar-refractivity contribution in [1.29, 1.82) is 0 Å². The van der Waals surface area contributed by atoms with E-state index in [0.717, 1.165) is 12.8 Å². The fourth-order valence-corrected chi connectivity index (χ4v) is 3.31. The predicted octanol–water partition coefficient (Wildman–Crippen LogP) is 3.34. The molecule has 162 valence electrons. The number of carbonyl (C=O) groups is 3. The highest BCUT2D eigenvalue weighted by Gasteiger charge is 2.23. The Balaban J connectivity index is 2.02. The van der Waals surface area contributed by atoms with Crippen molar-refractivity contribution in [1.82, 2.24) is 0 Å². The van der Waals surface area contributed by atoms with Crippen LogP contribution in [0.5, 0.6) is 5.75 Å². The number of nitrogen functional groups attached to an aromatic ring is 2. The van der Waals surface area contributed by atoms with Crippen molar-refractivity contribution in [2.75, 3.05) is 11.5 Å². The Kier molecular flexibility index (Phi) is 6.59. The number of ketones is 1. The van der Waals surface area contributed by atoms with Gasteiger partial charge >= 0.3 is 5.97 Å². The first kappa shape index (κ1) is 21.9. The third kappa shape index (κ3) is 5.22. The van der Waals surface area contributed by atoms with Gasteiger partial charge in [-0.05, 0) is 36.8 Å². The van der Waals surface area contributed by atoms with Crippen LogP contribution in [0.1, 0.15) is 54.3 Å². The van der Waals surface area contributed by atoms with Crippen LogP contribution in [-0.2, 0) is 16.0 Å². The van der Waals surface area contributed by atoms with Gasteiger partial charge in [-0.2, -0.15) is 0 Å². The van der Waals surface area contributed by atoms with E-state index < -0.39 is 5.91 Å². The number of rotatable bonds is 9. The van der Waals surface area contributed by atoms with Crippen LogP contribution in [0.2, 0.25) is 0 Å². The van der Waals surface area contributed by atoms with Gasteiger partial charge in [0.25, 0.3) is 0 Å². The second-order valence-corrected chi connectivity index (χ2v) is 7.32. The maximum absolute atomic E-state index is 13.3. The molecule has 2 aromatic carbocycles. The summed E-state index contributed by atoms with van der Waals surface area (Å²) in [4.78, 5) is 36.5. The summed E-state index contributed by atoms with van der Waals surface area (Å²) in [6, 6.07) is 9.41. The predicted molar refractivity (Wildman–Crippen MR) is 118 cm³/mol. The number of aryl methyl sites for hydroxylation is 1. The Labute approximate surface area is 179 Å². The molecule has 0 radical (unpaired) electrons. The first-order valence-corrected chi connectivity index (χ1v) is 10.0. The van der Waals surface area contributed by atoms with Crippen molar-refractivity contribution in [3.63, 3.8) is 0 Å². The number of nitrogens with two attached hydrogens (primary N) is 3.